The second kappa shape index (κ2) is 30.6. The summed E-state index contributed by atoms with van der Waals surface area (Å²) in [5.74, 6) is -4.33. The molecule has 0 spiro atoms. The van der Waals surface area contributed by atoms with Crippen molar-refractivity contribution in [3.05, 3.63) is 111 Å². The van der Waals surface area contributed by atoms with E-state index in [0.29, 0.717) is 60.9 Å². The molecule has 0 radical (unpaired) electrons. The number of aromatic nitrogens is 4. The predicted octanol–water partition coefficient (Wildman–Crippen LogP) is 13.0. The van der Waals surface area contributed by atoms with Gasteiger partial charge in [0.05, 0.1) is 55.5 Å². The fourth-order valence-corrected chi connectivity index (χ4v) is 6.90. The van der Waals surface area contributed by atoms with Crippen molar-refractivity contribution in [2.75, 3.05) is 64.4 Å². The molecule has 4 aromatic carbocycles. The van der Waals surface area contributed by atoms with Crippen molar-refractivity contribution in [3.8, 4) is 46.3 Å². The number of aryl methyl sites for hydroxylation is 2. The molecule has 0 bridgehead atoms. The summed E-state index contributed by atoms with van der Waals surface area (Å²) in [4.78, 5) is 50.3. The van der Waals surface area contributed by atoms with E-state index in [-0.39, 0.29) is 23.1 Å². The van der Waals surface area contributed by atoms with Crippen molar-refractivity contribution in [2.24, 2.45) is 0 Å². The van der Waals surface area contributed by atoms with Crippen LogP contribution in [0.2, 0.25) is 0 Å². The van der Waals surface area contributed by atoms with Gasteiger partial charge in [-0.3, -0.25) is 4.79 Å². The highest BCUT2D eigenvalue weighted by molar-refractivity contribution is 9.10. The van der Waals surface area contributed by atoms with Crippen LogP contribution in [0.25, 0.3) is 0 Å². The number of alkyl halides is 9. The summed E-state index contributed by atoms with van der Waals surface area (Å²) in [6, 6.07) is 20.4. The number of anilines is 5. The Balaban J connectivity index is 0.000000318. The molecule has 18 nitrogen and oxygen atoms in total. The van der Waals surface area contributed by atoms with E-state index < -0.39 is 42.7 Å². The van der Waals surface area contributed by atoms with Gasteiger partial charge in [0.2, 0.25) is 29.4 Å². The molecule has 0 amide bonds. The Bertz CT molecular complexity index is 3010. The third kappa shape index (κ3) is 20.5. The molecule has 0 unspecified atom stereocenters. The SMILES string of the molecule is CCN(CC)CC.COc1cc(Nc2ncc(Br)c(Oc3ccccc3CC(=O)C(F)(F)F)n2)cc(C)c1OC.COc1cc(Nc2ncc(Br)c(Oc3ccccc3N)n2)cc(C)c1OC.O=C(OC(=O)C(F)(F)F)C(F)(F)F. The van der Waals surface area contributed by atoms with Crippen LogP contribution in [0.4, 0.5) is 68.5 Å². The zero-order chi connectivity index (χ0) is 60.1. The quantitative estimate of drug-likeness (QED) is 0.0334. The molecule has 0 aliphatic carbocycles. The van der Waals surface area contributed by atoms with Crippen molar-refractivity contribution >= 4 is 78.5 Å². The van der Waals surface area contributed by atoms with E-state index in [1.54, 1.807) is 51.8 Å². The van der Waals surface area contributed by atoms with Gasteiger partial charge in [-0.25, -0.2) is 19.6 Å². The zero-order valence-electron chi connectivity index (χ0n) is 44.0. The number of benzene rings is 4. The number of ketones is 1. The van der Waals surface area contributed by atoms with Crippen LogP contribution >= 0.6 is 31.9 Å². The van der Waals surface area contributed by atoms with Gasteiger partial charge in [-0.1, -0.05) is 51.1 Å². The number of rotatable bonds is 17. The Morgan fingerprint density at radius 1 is 0.575 bits per heavy atom. The molecular weight excluding hydrogens is 1220 g/mol. The summed E-state index contributed by atoms with van der Waals surface area (Å²) in [5.41, 5.74) is 9.65. The average Bonchev–Trinajstić information content (AvgIpc) is 3.39. The van der Waals surface area contributed by atoms with Gasteiger partial charge in [0, 0.05) is 35.5 Å². The highest BCUT2D eigenvalue weighted by atomic mass is 79.9. The first-order valence-corrected chi connectivity index (χ1v) is 24.7. The Morgan fingerprint density at radius 3 is 1.34 bits per heavy atom. The molecule has 6 aromatic rings. The number of nitrogens with one attached hydrogen (secondary N) is 2. The molecule has 0 atom stereocenters. The molecule has 434 valence electrons. The van der Waals surface area contributed by atoms with Crippen LogP contribution in [-0.2, 0) is 25.5 Å². The average molecular weight is 1270 g/mol. The van der Waals surface area contributed by atoms with Crippen LogP contribution in [-0.4, -0.2) is 109 Å². The standard InChI is InChI=1S/C22H19BrF3N3O4.C19H19BrN4O3.C6H15N.C4F6O3/c1-12-8-14(10-17(31-2)19(12)32-3)28-21-27-11-15(23)20(29-21)33-16-7-5-4-6-13(16)9-18(30)22(24,25)26;1-11-8-12(9-16(25-2)17(11)26-3)23-19-22-10-13(20)18(24-19)27-15-7-5-4-6-14(15)21;1-4-7(5-2)6-3;5-3(6,7)1(11)13-2(12)4(8,9)10/h4-8,10-11H,9H2,1-3H3,(H,27,28,29);4-10H,21H2,1-3H3,(H,22,23,24);4-6H2,1-3H3;. The maximum Gasteiger partial charge on any atom is 0.491 e. The van der Waals surface area contributed by atoms with Gasteiger partial charge in [0.1, 0.15) is 5.75 Å². The Kier molecular flexibility index (Phi) is 25.5. The molecule has 29 heteroatoms. The zero-order valence-corrected chi connectivity index (χ0v) is 47.1. The largest absolute Gasteiger partial charge is 0.493 e. The number of nitrogens with zero attached hydrogens (tertiary/aromatic N) is 5. The first kappa shape index (κ1) is 66.6. The van der Waals surface area contributed by atoms with Crippen molar-refractivity contribution in [3.63, 3.8) is 0 Å². The van der Waals surface area contributed by atoms with Crippen LogP contribution in [0.3, 0.4) is 0 Å². The highest BCUT2D eigenvalue weighted by Gasteiger charge is 2.49. The third-order valence-electron chi connectivity index (χ3n) is 10.2. The third-order valence-corrected chi connectivity index (χ3v) is 11.3. The summed E-state index contributed by atoms with van der Waals surface area (Å²) in [6.45, 7) is 13.9. The summed E-state index contributed by atoms with van der Waals surface area (Å²) in [5, 5.41) is 6.18. The Morgan fingerprint density at radius 2 is 0.975 bits per heavy atom. The number of hydrogen-bond acceptors (Lipinski definition) is 18. The predicted molar refractivity (Wildman–Crippen MR) is 283 cm³/mol. The number of hydrogen-bond donors (Lipinski definition) is 3. The monoisotopic (exact) mass is 1270 g/mol. The van der Waals surface area contributed by atoms with E-state index in [4.69, 9.17) is 34.2 Å². The lowest BCUT2D eigenvalue weighted by molar-refractivity contribution is -0.221. The topological polar surface area (TPSA) is 221 Å². The first-order chi connectivity index (χ1) is 37.5. The van der Waals surface area contributed by atoms with Crippen LogP contribution in [0.15, 0.2) is 94.1 Å². The van der Waals surface area contributed by atoms with Crippen molar-refractivity contribution in [1.82, 2.24) is 24.8 Å². The number of para-hydroxylation sites is 3. The van der Waals surface area contributed by atoms with E-state index in [9.17, 15) is 53.9 Å². The maximum absolute atomic E-state index is 12.7. The molecule has 80 heavy (non-hydrogen) atoms. The van der Waals surface area contributed by atoms with E-state index >= 15 is 0 Å². The number of halogens is 11. The van der Waals surface area contributed by atoms with Gasteiger partial charge >= 0.3 is 30.5 Å². The molecule has 0 aliphatic heterocycles. The lowest BCUT2D eigenvalue weighted by Gasteiger charge is -2.15. The molecule has 0 fully saturated rings. The van der Waals surface area contributed by atoms with Crippen molar-refractivity contribution in [2.45, 2.75) is 59.6 Å². The minimum Gasteiger partial charge on any atom is -0.493 e. The van der Waals surface area contributed by atoms with Gasteiger partial charge < -0.3 is 54.4 Å². The highest BCUT2D eigenvalue weighted by Crippen LogP contribution is 2.38. The van der Waals surface area contributed by atoms with Crippen molar-refractivity contribution in [1.29, 1.82) is 0 Å². The Hall–Kier alpha value is -7.66. The number of esters is 2. The number of nitrogens with two attached hydrogens (primary N) is 1. The second-order valence-corrected chi connectivity index (χ2v) is 17.4. The first-order valence-electron chi connectivity index (χ1n) is 23.1. The number of carbonyl (C=O) groups excluding carboxylic acids is 3. The van der Waals surface area contributed by atoms with Gasteiger partial charge in [-0.15, -0.1) is 0 Å². The minimum atomic E-state index is -5.62. The van der Waals surface area contributed by atoms with Crippen LogP contribution < -0.4 is 44.8 Å². The number of nitrogen functional groups attached to an aromatic ring is 1. The molecule has 0 aliphatic rings. The van der Waals surface area contributed by atoms with E-state index in [0.717, 1.165) is 16.8 Å². The minimum absolute atomic E-state index is 0.0524. The van der Waals surface area contributed by atoms with Crippen LogP contribution in [0.5, 0.6) is 46.3 Å². The summed E-state index contributed by atoms with van der Waals surface area (Å²) in [7, 11) is 6.26. The second-order valence-electron chi connectivity index (χ2n) is 15.7. The summed E-state index contributed by atoms with van der Waals surface area (Å²) < 4.78 is 142. The lowest BCUT2D eigenvalue weighted by Crippen LogP contribution is -2.34. The van der Waals surface area contributed by atoms with Crippen molar-refractivity contribution < 1.29 is 87.1 Å². The molecule has 2 aromatic heterocycles. The molecule has 0 saturated carbocycles. The normalized spacial score (nSPS) is 11.0. The van der Waals surface area contributed by atoms with Gasteiger partial charge in [0.25, 0.3) is 0 Å². The summed E-state index contributed by atoms with van der Waals surface area (Å²) >= 11 is 6.67. The van der Waals surface area contributed by atoms with Crippen LogP contribution in [0, 0.1) is 13.8 Å². The maximum atomic E-state index is 12.7. The smallest absolute Gasteiger partial charge is 0.491 e. The van der Waals surface area contributed by atoms with E-state index in [2.05, 4.69) is 92.8 Å². The molecular formula is C51H53Br2F9N8O10. The summed E-state index contributed by atoms with van der Waals surface area (Å²) in [6.07, 6.45) is -14.0. The fraction of sp³-hybridized carbons (Fsp3) is 0.314. The Labute approximate surface area is 469 Å². The van der Waals surface area contributed by atoms with Gasteiger partial charge in [-0.2, -0.15) is 49.5 Å². The molecule has 6 rings (SSSR count). The van der Waals surface area contributed by atoms with Gasteiger partial charge in [-0.05, 0) is 107 Å². The number of methoxy groups -OCH3 is 4. The van der Waals surface area contributed by atoms with E-state index in [1.807, 2.05) is 44.2 Å². The number of carbonyl (C=O) groups is 3. The fourth-order valence-electron chi connectivity index (χ4n) is 6.35. The molecule has 2 heterocycles. The van der Waals surface area contributed by atoms with E-state index in [1.165, 1.54) is 51.1 Å². The lowest BCUT2D eigenvalue weighted by atomic mass is 10.1. The number of ether oxygens (including phenoxy) is 7. The molecule has 4 N–H and O–H groups in total. The van der Waals surface area contributed by atoms with Crippen LogP contribution in [0.1, 0.15) is 37.5 Å². The number of Topliss-reactive ketones (excluding diaryl/α,β-unsaturated/α-hetero) is 1. The molecule has 0 saturated heterocycles. The van der Waals surface area contributed by atoms with Gasteiger partial charge in [0.15, 0.2) is 28.7 Å².